The van der Waals surface area contributed by atoms with Crippen molar-refractivity contribution in [2.24, 2.45) is 0 Å². The zero-order chi connectivity index (χ0) is 13.0. The molecule has 18 heavy (non-hydrogen) atoms. The molecule has 0 radical (unpaired) electrons. The zero-order valence-corrected chi connectivity index (χ0v) is 9.93. The van der Waals surface area contributed by atoms with Gasteiger partial charge in [-0.3, -0.25) is 4.79 Å². The van der Waals surface area contributed by atoms with Crippen LogP contribution in [-0.2, 0) is 4.79 Å². The number of hydrogen-bond acceptors (Lipinski definition) is 2. The number of benzene rings is 1. The monoisotopic (exact) mass is 248 g/mol. The van der Waals surface area contributed by atoms with E-state index in [0.29, 0.717) is 0 Å². The van der Waals surface area contributed by atoms with Gasteiger partial charge >= 0.3 is 12.0 Å². The first kappa shape index (κ1) is 12.4. The lowest BCUT2D eigenvalue weighted by Gasteiger charge is -2.17. The summed E-state index contributed by atoms with van der Waals surface area (Å²) < 4.78 is 0. The van der Waals surface area contributed by atoms with Gasteiger partial charge in [0.15, 0.2) is 0 Å². The van der Waals surface area contributed by atoms with Crippen LogP contribution in [0.1, 0.15) is 30.9 Å². The molecule has 0 saturated heterocycles. The number of urea groups is 1. The summed E-state index contributed by atoms with van der Waals surface area (Å²) >= 11 is 0. The SMILES string of the molecule is O=C(O)CC(NC(=O)NC1CC1)c1ccccc1. The van der Waals surface area contributed by atoms with E-state index in [-0.39, 0.29) is 18.5 Å². The highest BCUT2D eigenvalue weighted by molar-refractivity contribution is 5.76. The van der Waals surface area contributed by atoms with E-state index < -0.39 is 12.0 Å². The number of carbonyl (C=O) groups excluding carboxylic acids is 1. The summed E-state index contributed by atoms with van der Waals surface area (Å²) in [6.07, 6.45) is 1.88. The van der Waals surface area contributed by atoms with Gasteiger partial charge in [0.05, 0.1) is 12.5 Å². The van der Waals surface area contributed by atoms with Crippen molar-refractivity contribution in [1.82, 2.24) is 10.6 Å². The second-order valence-corrected chi connectivity index (χ2v) is 4.45. The Balaban J connectivity index is 1.99. The number of hydrogen-bond donors (Lipinski definition) is 3. The number of rotatable bonds is 5. The molecule has 3 N–H and O–H groups in total. The molecule has 1 aromatic rings. The van der Waals surface area contributed by atoms with Gasteiger partial charge in [0.1, 0.15) is 0 Å². The number of carboxylic acid groups (broad SMARTS) is 1. The van der Waals surface area contributed by atoms with Crippen molar-refractivity contribution in [2.75, 3.05) is 0 Å². The predicted octanol–water partition coefficient (Wildman–Crippen LogP) is 1.66. The van der Waals surface area contributed by atoms with Crippen LogP contribution in [-0.4, -0.2) is 23.1 Å². The van der Waals surface area contributed by atoms with Crippen LogP contribution in [0.5, 0.6) is 0 Å². The highest BCUT2D eigenvalue weighted by atomic mass is 16.4. The first-order valence-corrected chi connectivity index (χ1v) is 5.99. The Labute approximate surface area is 105 Å². The van der Waals surface area contributed by atoms with Gasteiger partial charge in [-0.1, -0.05) is 30.3 Å². The van der Waals surface area contributed by atoms with E-state index in [0.717, 1.165) is 18.4 Å². The van der Waals surface area contributed by atoms with Crippen molar-refractivity contribution < 1.29 is 14.7 Å². The van der Waals surface area contributed by atoms with Crippen molar-refractivity contribution in [1.29, 1.82) is 0 Å². The van der Waals surface area contributed by atoms with Crippen LogP contribution >= 0.6 is 0 Å². The summed E-state index contributed by atoms with van der Waals surface area (Å²) in [6, 6.07) is 8.58. The molecule has 5 nitrogen and oxygen atoms in total. The van der Waals surface area contributed by atoms with Gasteiger partial charge < -0.3 is 15.7 Å². The second kappa shape index (κ2) is 5.53. The minimum absolute atomic E-state index is 0.123. The Morgan fingerprint density at radius 3 is 2.50 bits per heavy atom. The Kier molecular flexibility index (Phi) is 3.82. The molecule has 2 rings (SSSR count). The minimum atomic E-state index is -0.935. The standard InChI is InChI=1S/C13H16N2O3/c16-12(17)8-11(9-4-2-1-3-5-9)15-13(18)14-10-6-7-10/h1-5,10-11H,6-8H2,(H,16,17)(H2,14,15,18). The number of nitrogens with one attached hydrogen (secondary N) is 2. The lowest BCUT2D eigenvalue weighted by Crippen LogP contribution is -2.39. The number of amides is 2. The summed E-state index contributed by atoms with van der Waals surface area (Å²) in [5.74, 6) is -0.935. The smallest absolute Gasteiger partial charge is 0.315 e. The molecular weight excluding hydrogens is 232 g/mol. The third kappa shape index (κ3) is 3.76. The van der Waals surface area contributed by atoms with Crippen LogP contribution < -0.4 is 10.6 Å². The van der Waals surface area contributed by atoms with Gasteiger partial charge in [-0.2, -0.15) is 0 Å². The van der Waals surface area contributed by atoms with Crippen LogP contribution in [0, 0.1) is 0 Å². The van der Waals surface area contributed by atoms with Crippen molar-refractivity contribution in [3.63, 3.8) is 0 Å². The van der Waals surface area contributed by atoms with Crippen LogP contribution in [0.4, 0.5) is 4.79 Å². The van der Waals surface area contributed by atoms with E-state index in [1.54, 1.807) is 0 Å². The molecule has 0 aliphatic heterocycles. The Bertz CT molecular complexity index is 429. The van der Waals surface area contributed by atoms with Crippen molar-refractivity contribution in [3.05, 3.63) is 35.9 Å². The molecule has 2 amide bonds. The van der Waals surface area contributed by atoms with E-state index in [1.807, 2.05) is 30.3 Å². The molecule has 0 spiro atoms. The molecule has 0 bridgehead atoms. The van der Waals surface area contributed by atoms with Gasteiger partial charge in [-0.25, -0.2) is 4.79 Å². The van der Waals surface area contributed by atoms with Crippen LogP contribution in [0.15, 0.2) is 30.3 Å². The van der Waals surface area contributed by atoms with Crippen LogP contribution in [0.3, 0.4) is 0 Å². The quantitative estimate of drug-likeness (QED) is 0.741. The van der Waals surface area contributed by atoms with Gasteiger partial charge in [-0.05, 0) is 18.4 Å². The molecular formula is C13H16N2O3. The molecule has 1 aliphatic carbocycles. The maximum atomic E-state index is 11.6. The number of aliphatic carboxylic acids is 1. The van der Waals surface area contributed by atoms with E-state index >= 15 is 0 Å². The zero-order valence-electron chi connectivity index (χ0n) is 9.93. The molecule has 0 aromatic heterocycles. The van der Waals surface area contributed by atoms with Gasteiger partial charge in [-0.15, -0.1) is 0 Å². The van der Waals surface area contributed by atoms with E-state index in [1.165, 1.54) is 0 Å². The van der Waals surface area contributed by atoms with E-state index in [9.17, 15) is 9.59 Å². The van der Waals surface area contributed by atoms with Crippen molar-refractivity contribution >= 4 is 12.0 Å². The van der Waals surface area contributed by atoms with Crippen molar-refractivity contribution in [2.45, 2.75) is 31.3 Å². The van der Waals surface area contributed by atoms with Crippen LogP contribution in [0.2, 0.25) is 0 Å². The summed E-state index contributed by atoms with van der Waals surface area (Å²) in [6.45, 7) is 0. The van der Waals surface area contributed by atoms with E-state index in [2.05, 4.69) is 10.6 Å². The van der Waals surface area contributed by atoms with Crippen LogP contribution in [0.25, 0.3) is 0 Å². The minimum Gasteiger partial charge on any atom is -0.481 e. The fraction of sp³-hybridized carbons (Fsp3) is 0.385. The number of carbonyl (C=O) groups is 2. The average Bonchev–Trinajstić information content (AvgIpc) is 3.12. The molecule has 1 saturated carbocycles. The summed E-state index contributed by atoms with van der Waals surface area (Å²) in [7, 11) is 0. The third-order valence-electron chi connectivity index (χ3n) is 2.80. The largest absolute Gasteiger partial charge is 0.481 e. The fourth-order valence-electron chi connectivity index (χ4n) is 1.73. The maximum Gasteiger partial charge on any atom is 0.315 e. The second-order valence-electron chi connectivity index (χ2n) is 4.45. The molecule has 1 fully saturated rings. The normalized spacial score (nSPS) is 15.8. The lowest BCUT2D eigenvalue weighted by molar-refractivity contribution is -0.137. The summed E-state index contributed by atoms with van der Waals surface area (Å²) in [5, 5.41) is 14.4. The molecule has 1 aromatic carbocycles. The first-order valence-electron chi connectivity index (χ1n) is 5.99. The third-order valence-corrected chi connectivity index (χ3v) is 2.80. The fourth-order valence-corrected chi connectivity index (χ4v) is 1.73. The molecule has 1 atom stereocenters. The Morgan fingerprint density at radius 2 is 1.94 bits per heavy atom. The van der Waals surface area contributed by atoms with Crippen molar-refractivity contribution in [3.8, 4) is 0 Å². The van der Waals surface area contributed by atoms with Gasteiger partial charge in [0.25, 0.3) is 0 Å². The molecule has 1 unspecified atom stereocenters. The Hall–Kier alpha value is -2.04. The Morgan fingerprint density at radius 1 is 1.28 bits per heavy atom. The lowest BCUT2D eigenvalue weighted by atomic mass is 10.0. The summed E-state index contributed by atoms with van der Waals surface area (Å²) in [4.78, 5) is 22.5. The van der Waals surface area contributed by atoms with E-state index in [4.69, 9.17) is 5.11 Å². The topological polar surface area (TPSA) is 78.4 Å². The highest BCUT2D eigenvalue weighted by Crippen LogP contribution is 2.20. The summed E-state index contributed by atoms with van der Waals surface area (Å²) in [5.41, 5.74) is 0.797. The molecule has 5 heteroatoms. The molecule has 96 valence electrons. The molecule has 1 aliphatic rings. The molecule has 0 heterocycles. The maximum absolute atomic E-state index is 11.6. The average molecular weight is 248 g/mol. The van der Waals surface area contributed by atoms with Gasteiger partial charge in [0, 0.05) is 6.04 Å². The predicted molar refractivity (Wildman–Crippen MR) is 66.1 cm³/mol. The first-order chi connectivity index (χ1) is 8.65. The highest BCUT2D eigenvalue weighted by Gasteiger charge is 2.25. The van der Waals surface area contributed by atoms with Gasteiger partial charge in [0.2, 0.25) is 0 Å². The number of carboxylic acids is 1.